The molecule has 0 radical (unpaired) electrons. The summed E-state index contributed by atoms with van der Waals surface area (Å²) in [5.74, 6) is -0.0871. The van der Waals surface area contributed by atoms with Crippen molar-refractivity contribution in [1.82, 2.24) is 10.2 Å². The second-order valence-electron chi connectivity index (χ2n) is 6.49. The lowest BCUT2D eigenvalue weighted by Gasteiger charge is -2.36. The topological polar surface area (TPSA) is 64.7 Å². The van der Waals surface area contributed by atoms with E-state index in [-0.39, 0.29) is 22.8 Å². The molecule has 1 aromatic carbocycles. The van der Waals surface area contributed by atoms with Crippen molar-refractivity contribution in [2.24, 2.45) is 5.92 Å². The SMILES string of the molecule is CCC(=O)N1CCN(c2ccc(NC(=S)NC(=O)C(C)C)cc2Cl)CC1. The number of benzene rings is 1. The minimum atomic E-state index is -0.140. The highest BCUT2D eigenvalue weighted by atomic mass is 35.5. The molecule has 1 saturated heterocycles. The number of hydrogen-bond acceptors (Lipinski definition) is 4. The molecular formula is C18H25ClN4O2S. The number of piperazine rings is 1. The van der Waals surface area contributed by atoms with Crippen molar-refractivity contribution in [2.45, 2.75) is 27.2 Å². The summed E-state index contributed by atoms with van der Waals surface area (Å²) in [4.78, 5) is 27.5. The number of halogens is 1. The van der Waals surface area contributed by atoms with Crippen LogP contribution in [0.2, 0.25) is 5.02 Å². The summed E-state index contributed by atoms with van der Waals surface area (Å²) in [5.41, 5.74) is 1.64. The molecule has 0 atom stereocenters. The Kier molecular flexibility index (Phi) is 7.23. The third-order valence-electron chi connectivity index (χ3n) is 4.24. The van der Waals surface area contributed by atoms with Crippen LogP contribution in [0.15, 0.2) is 18.2 Å². The number of rotatable bonds is 4. The number of carbonyl (C=O) groups is 2. The summed E-state index contributed by atoms with van der Waals surface area (Å²) < 4.78 is 0. The van der Waals surface area contributed by atoms with Crippen LogP contribution in [0.4, 0.5) is 11.4 Å². The summed E-state index contributed by atoms with van der Waals surface area (Å²) in [6, 6.07) is 5.59. The Balaban J connectivity index is 1.96. The smallest absolute Gasteiger partial charge is 0.228 e. The van der Waals surface area contributed by atoms with Crippen LogP contribution >= 0.6 is 23.8 Å². The van der Waals surface area contributed by atoms with Crippen molar-refractivity contribution in [1.29, 1.82) is 0 Å². The second-order valence-corrected chi connectivity index (χ2v) is 7.30. The van der Waals surface area contributed by atoms with Gasteiger partial charge in [-0.15, -0.1) is 0 Å². The van der Waals surface area contributed by atoms with Gasteiger partial charge in [0, 0.05) is 44.2 Å². The number of nitrogens with zero attached hydrogens (tertiary/aromatic N) is 2. The fourth-order valence-electron chi connectivity index (χ4n) is 2.68. The molecule has 0 unspecified atom stereocenters. The van der Waals surface area contributed by atoms with E-state index in [1.807, 2.05) is 24.0 Å². The number of carbonyl (C=O) groups excluding carboxylic acids is 2. The van der Waals surface area contributed by atoms with Crippen LogP contribution in [0.1, 0.15) is 27.2 Å². The molecule has 2 rings (SSSR count). The van der Waals surface area contributed by atoms with Gasteiger partial charge >= 0.3 is 0 Å². The minimum Gasteiger partial charge on any atom is -0.367 e. The minimum absolute atomic E-state index is 0.135. The van der Waals surface area contributed by atoms with Crippen molar-refractivity contribution in [3.05, 3.63) is 23.2 Å². The Morgan fingerprint density at radius 1 is 1.23 bits per heavy atom. The summed E-state index contributed by atoms with van der Waals surface area (Å²) in [6.45, 7) is 8.39. The van der Waals surface area contributed by atoms with E-state index in [1.54, 1.807) is 19.9 Å². The van der Waals surface area contributed by atoms with Crippen LogP contribution in [-0.2, 0) is 9.59 Å². The number of anilines is 2. The Morgan fingerprint density at radius 2 is 1.88 bits per heavy atom. The third kappa shape index (κ3) is 5.32. The number of hydrogen-bond donors (Lipinski definition) is 2. The first kappa shape index (κ1) is 20.5. The molecule has 0 spiro atoms. The molecule has 1 aliphatic rings. The van der Waals surface area contributed by atoms with Crippen LogP contribution in [0.3, 0.4) is 0 Å². The van der Waals surface area contributed by atoms with E-state index < -0.39 is 0 Å². The van der Waals surface area contributed by atoms with Gasteiger partial charge in [0.1, 0.15) is 0 Å². The Bertz CT molecular complexity index is 688. The highest BCUT2D eigenvalue weighted by molar-refractivity contribution is 7.80. The van der Waals surface area contributed by atoms with Gasteiger partial charge in [-0.25, -0.2) is 0 Å². The predicted molar refractivity (Wildman–Crippen MR) is 110 cm³/mol. The van der Waals surface area contributed by atoms with Crippen molar-refractivity contribution in [2.75, 3.05) is 36.4 Å². The first-order valence-corrected chi connectivity index (χ1v) is 9.54. The average Bonchev–Trinajstić information content (AvgIpc) is 2.61. The van der Waals surface area contributed by atoms with Gasteiger partial charge in [0.15, 0.2) is 5.11 Å². The van der Waals surface area contributed by atoms with E-state index in [4.69, 9.17) is 23.8 Å². The Hall–Kier alpha value is -1.86. The van der Waals surface area contributed by atoms with E-state index in [0.717, 1.165) is 18.8 Å². The molecule has 142 valence electrons. The van der Waals surface area contributed by atoms with Gasteiger partial charge in [-0.2, -0.15) is 0 Å². The molecule has 0 bridgehead atoms. The van der Waals surface area contributed by atoms with E-state index in [1.165, 1.54) is 0 Å². The van der Waals surface area contributed by atoms with Crippen LogP contribution in [0.25, 0.3) is 0 Å². The van der Waals surface area contributed by atoms with Gasteiger partial charge in [0.25, 0.3) is 0 Å². The van der Waals surface area contributed by atoms with Gasteiger partial charge in [0.2, 0.25) is 11.8 Å². The molecule has 1 fully saturated rings. The highest BCUT2D eigenvalue weighted by Crippen LogP contribution is 2.29. The van der Waals surface area contributed by atoms with Gasteiger partial charge in [-0.3, -0.25) is 9.59 Å². The zero-order valence-corrected chi connectivity index (χ0v) is 16.9. The molecule has 0 saturated carbocycles. The van der Waals surface area contributed by atoms with E-state index in [9.17, 15) is 9.59 Å². The number of nitrogens with one attached hydrogen (secondary N) is 2. The third-order valence-corrected chi connectivity index (χ3v) is 4.75. The lowest BCUT2D eigenvalue weighted by atomic mass is 10.2. The fourth-order valence-corrected chi connectivity index (χ4v) is 3.20. The molecule has 1 heterocycles. The van der Waals surface area contributed by atoms with Gasteiger partial charge in [-0.05, 0) is 30.4 Å². The molecule has 0 aromatic heterocycles. The van der Waals surface area contributed by atoms with Gasteiger partial charge in [-0.1, -0.05) is 32.4 Å². The maximum absolute atomic E-state index is 11.8. The molecule has 6 nitrogen and oxygen atoms in total. The molecule has 1 aliphatic heterocycles. The summed E-state index contributed by atoms with van der Waals surface area (Å²) in [6.07, 6.45) is 0.536. The molecular weight excluding hydrogens is 372 g/mol. The monoisotopic (exact) mass is 396 g/mol. The number of amides is 2. The van der Waals surface area contributed by atoms with Crippen molar-refractivity contribution in [3.63, 3.8) is 0 Å². The quantitative estimate of drug-likeness (QED) is 0.766. The average molecular weight is 397 g/mol. The highest BCUT2D eigenvalue weighted by Gasteiger charge is 2.21. The fraction of sp³-hybridized carbons (Fsp3) is 0.500. The maximum Gasteiger partial charge on any atom is 0.228 e. The van der Waals surface area contributed by atoms with Gasteiger partial charge in [0.05, 0.1) is 10.7 Å². The van der Waals surface area contributed by atoms with Crippen LogP contribution in [0, 0.1) is 5.92 Å². The molecule has 2 amide bonds. The van der Waals surface area contributed by atoms with E-state index >= 15 is 0 Å². The first-order chi connectivity index (χ1) is 12.3. The predicted octanol–water partition coefficient (Wildman–Crippen LogP) is 2.87. The molecule has 26 heavy (non-hydrogen) atoms. The van der Waals surface area contributed by atoms with Crippen LogP contribution in [0.5, 0.6) is 0 Å². The Labute approximate surface area is 164 Å². The first-order valence-electron chi connectivity index (χ1n) is 8.76. The van der Waals surface area contributed by atoms with Crippen LogP contribution < -0.4 is 15.5 Å². The maximum atomic E-state index is 11.8. The van der Waals surface area contributed by atoms with Crippen LogP contribution in [-0.4, -0.2) is 48.0 Å². The summed E-state index contributed by atoms with van der Waals surface area (Å²) in [7, 11) is 0. The zero-order chi connectivity index (χ0) is 19.3. The van der Waals surface area contributed by atoms with E-state index in [2.05, 4.69) is 15.5 Å². The lowest BCUT2D eigenvalue weighted by molar-refractivity contribution is -0.131. The zero-order valence-electron chi connectivity index (χ0n) is 15.3. The number of thiocarbonyl (C=S) groups is 1. The van der Waals surface area contributed by atoms with Gasteiger partial charge < -0.3 is 20.4 Å². The largest absolute Gasteiger partial charge is 0.367 e. The summed E-state index contributed by atoms with van der Waals surface area (Å²) >= 11 is 11.6. The lowest BCUT2D eigenvalue weighted by Crippen LogP contribution is -2.48. The standard InChI is InChI=1S/C18H25ClN4O2S/c1-4-16(24)23-9-7-22(8-10-23)15-6-5-13(11-14(15)19)20-18(26)21-17(25)12(2)3/h5-6,11-12H,4,7-10H2,1-3H3,(H2,20,21,25,26). The van der Waals surface area contributed by atoms with Crippen molar-refractivity contribution < 1.29 is 9.59 Å². The second kappa shape index (κ2) is 9.19. The van der Waals surface area contributed by atoms with Crippen molar-refractivity contribution >= 4 is 52.1 Å². The summed E-state index contributed by atoms with van der Waals surface area (Å²) in [5, 5.41) is 6.46. The molecule has 0 aliphatic carbocycles. The molecule has 2 N–H and O–H groups in total. The van der Waals surface area contributed by atoms with E-state index in [0.29, 0.717) is 30.2 Å². The van der Waals surface area contributed by atoms with Crippen molar-refractivity contribution in [3.8, 4) is 0 Å². The molecule has 1 aromatic rings. The molecule has 8 heteroatoms. The normalized spacial score (nSPS) is 14.3. The Morgan fingerprint density at radius 3 is 2.42 bits per heavy atom.